The lowest BCUT2D eigenvalue weighted by Crippen LogP contribution is -2.26. The Kier molecular flexibility index (Phi) is 10.5. The van der Waals surface area contributed by atoms with Crippen molar-refractivity contribution in [1.29, 1.82) is 5.26 Å². The van der Waals surface area contributed by atoms with Gasteiger partial charge in [-0.25, -0.2) is 0 Å². The smallest absolute Gasteiger partial charge is 0.119 e. The minimum Gasteiger partial charge on any atom is -0.494 e. The minimum atomic E-state index is -0.163. The highest BCUT2D eigenvalue weighted by atomic mass is 16.5. The zero-order chi connectivity index (χ0) is 24.2. The molecule has 2 aromatic carbocycles. The van der Waals surface area contributed by atoms with Crippen molar-refractivity contribution in [3.63, 3.8) is 0 Å². The molecule has 2 aromatic rings. The summed E-state index contributed by atoms with van der Waals surface area (Å²) in [5.41, 5.74) is 3.64. The molecule has 1 aliphatic rings. The standard InChI is InChI=1S/C31H43NO2/c1-25(2)18-22-34-30-16-14-27(15-17-30)26-10-12-28(13-11-26)29-9-8-20-31(23-29,24-32)19-6-4-3-5-7-21-33/h10-17,25,29,33H,3-9,18-23H2,1-2H3. The van der Waals surface area contributed by atoms with Crippen LogP contribution < -0.4 is 4.74 Å². The van der Waals surface area contributed by atoms with Crippen LogP contribution in [0.3, 0.4) is 0 Å². The van der Waals surface area contributed by atoms with Gasteiger partial charge in [-0.2, -0.15) is 5.26 Å². The van der Waals surface area contributed by atoms with Gasteiger partial charge in [-0.3, -0.25) is 0 Å². The second kappa shape index (κ2) is 13.5. The average molecular weight is 462 g/mol. The van der Waals surface area contributed by atoms with E-state index in [4.69, 9.17) is 9.84 Å². The van der Waals surface area contributed by atoms with Gasteiger partial charge in [-0.05, 0) is 79.2 Å². The van der Waals surface area contributed by atoms with Crippen molar-refractivity contribution in [2.24, 2.45) is 11.3 Å². The average Bonchev–Trinajstić information content (AvgIpc) is 2.87. The van der Waals surface area contributed by atoms with Crippen molar-refractivity contribution in [3.8, 4) is 22.9 Å². The molecule has 0 radical (unpaired) electrons. The molecule has 0 saturated heterocycles. The van der Waals surface area contributed by atoms with Crippen LogP contribution in [0.4, 0.5) is 0 Å². The molecule has 1 N–H and O–H groups in total. The number of ether oxygens (including phenoxy) is 1. The second-order valence-electron chi connectivity index (χ2n) is 10.6. The highest BCUT2D eigenvalue weighted by molar-refractivity contribution is 5.64. The largest absolute Gasteiger partial charge is 0.494 e. The summed E-state index contributed by atoms with van der Waals surface area (Å²) in [7, 11) is 0. The Bertz CT molecular complexity index is 881. The topological polar surface area (TPSA) is 53.2 Å². The molecule has 3 heteroatoms. The fourth-order valence-corrected chi connectivity index (χ4v) is 5.24. The summed E-state index contributed by atoms with van der Waals surface area (Å²) in [6.07, 6.45) is 11.9. The van der Waals surface area contributed by atoms with Crippen LogP contribution in [-0.2, 0) is 0 Å². The number of rotatable bonds is 13. The second-order valence-corrected chi connectivity index (χ2v) is 10.6. The van der Waals surface area contributed by atoms with Gasteiger partial charge in [0, 0.05) is 6.61 Å². The van der Waals surface area contributed by atoms with E-state index >= 15 is 0 Å². The number of nitriles is 1. The van der Waals surface area contributed by atoms with Crippen LogP contribution in [0.1, 0.15) is 96.0 Å². The van der Waals surface area contributed by atoms with E-state index < -0.39 is 0 Å². The van der Waals surface area contributed by atoms with E-state index in [0.717, 1.165) is 70.1 Å². The summed E-state index contributed by atoms with van der Waals surface area (Å²) in [6.45, 7) is 5.49. The van der Waals surface area contributed by atoms with E-state index in [1.807, 2.05) is 0 Å². The first-order valence-electron chi connectivity index (χ1n) is 13.4. The Hall–Kier alpha value is -2.31. The molecule has 1 saturated carbocycles. The van der Waals surface area contributed by atoms with Crippen LogP contribution in [0, 0.1) is 22.7 Å². The fourth-order valence-electron chi connectivity index (χ4n) is 5.24. The third-order valence-electron chi connectivity index (χ3n) is 7.43. The van der Waals surface area contributed by atoms with Gasteiger partial charge in [0.25, 0.3) is 0 Å². The van der Waals surface area contributed by atoms with Gasteiger partial charge in [-0.15, -0.1) is 0 Å². The maximum atomic E-state index is 10.0. The Balaban J connectivity index is 1.55. The lowest BCUT2D eigenvalue weighted by molar-refractivity contribution is 0.217. The van der Waals surface area contributed by atoms with Crippen LogP contribution in [0.5, 0.6) is 5.75 Å². The molecule has 0 amide bonds. The van der Waals surface area contributed by atoms with Crippen molar-refractivity contribution in [3.05, 3.63) is 54.1 Å². The third kappa shape index (κ3) is 7.88. The number of hydrogen-bond donors (Lipinski definition) is 1. The third-order valence-corrected chi connectivity index (χ3v) is 7.43. The van der Waals surface area contributed by atoms with Crippen molar-refractivity contribution in [2.45, 2.75) is 90.4 Å². The predicted molar refractivity (Wildman–Crippen MR) is 141 cm³/mol. The van der Waals surface area contributed by atoms with Crippen LogP contribution in [0.2, 0.25) is 0 Å². The molecule has 184 valence electrons. The molecule has 0 aliphatic heterocycles. The van der Waals surface area contributed by atoms with Crippen LogP contribution >= 0.6 is 0 Å². The van der Waals surface area contributed by atoms with E-state index in [-0.39, 0.29) is 5.41 Å². The molecule has 0 bridgehead atoms. The number of aliphatic hydroxyl groups is 1. The van der Waals surface area contributed by atoms with Gasteiger partial charge in [0.15, 0.2) is 0 Å². The molecule has 1 fully saturated rings. The first kappa shape index (κ1) is 26.3. The quantitative estimate of drug-likeness (QED) is 0.305. The lowest BCUT2D eigenvalue weighted by Gasteiger charge is -2.36. The lowest BCUT2D eigenvalue weighted by atomic mass is 9.66. The predicted octanol–water partition coefficient (Wildman–Crippen LogP) is 8.28. The van der Waals surface area contributed by atoms with Gasteiger partial charge >= 0.3 is 0 Å². The van der Waals surface area contributed by atoms with Gasteiger partial charge < -0.3 is 9.84 Å². The normalized spacial score (nSPS) is 20.3. The van der Waals surface area contributed by atoms with Crippen molar-refractivity contribution < 1.29 is 9.84 Å². The summed E-state index contributed by atoms with van der Waals surface area (Å²) in [5, 5.41) is 19.0. The van der Waals surface area contributed by atoms with E-state index in [1.165, 1.54) is 29.5 Å². The van der Waals surface area contributed by atoms with E-state index in [1.54, 1.807) is 0 Å². The molecule has 0 aromatic heterocycles. The zero-order valence-electron chi connectivity index (χ0n) is 21.3. The molecular weight excluding hydrogens is 418 g/mol. The molecule has 0 heterocycles. The Morgan fingerprint density at radius 3 is 2.26 bits per heavy atom. The number of nitrogens with zero attached hydrogens (tertiary/aromatic N) is 1. The van der Waals surface area contributed by atoms with Crippen LogP contribution in [-0.4, -0.2) is 18.3 Å². The van der Waals surface area contributed by atoms with Gasteiger partial charge in [0.05, 0.1) is 18.1 Å². The van der Waals surface area contributed by atoms with Crippen molar-refractivity contribution in [1.82, 2.24) is 0 Å². The Morgan fingerprint density at radius 2 is 1.62 bits per heavy atom. The first-order valence-corrected chi connectivity index (χ1v) is 13.4. The summed E-state index contributed by atoms with van der Waals surface area (Å²) >= 11 is 0. The highest BCUT2D eigenvalue weighted by Gasteiger charge is 2.36. The summed E-state index contributed by atoms with van der Waals surface area (Å²) in [6, 6.07) is 20.1. The summed E-state index contributed by atoms with van der Waals surface area (Å²) in [5.74, 6) is 2.07. The maximum absolute atomic E-state index is 10.0. The van der Waals surface area contributed by atoms with Gasteiger partial charge in [0.2, 0.25) is 0 Å². The van der Waals surface area contributed by atoms with Crippen LogP contribution in [0.15, 0.2) is 48.5 Å². The molecular formula is C31H43NO2. The zero-order valence-corrected chi connectivity index (χ0v) is 21.3. The van der Waals surface area contributed by atoms with Crippen LogP contribution in [0.25, 0.3) is 11.1 Å². The minimum absolute atomic E-state index is 0.163. The van der Waals surface area contributed by atoms with E-state index in [2.05, 4.69) is 68.4 Å². The molecule has 2 atom stereocenters. The molecule has 34 heavy (non-hydrogen) atoms. The van der Waals surface area contributed by atoms with Gasteiger partial charge in [0.1, 0.15) is 5.75 Å². The van der Waals surface area contributed by atoms with E-state index in [0.29, 0.717) is 18.4 Å². The molecule has 3 rings (SSSR count). The van der Waals surface area contributed by atoms with Gasteiger partial charge in [-0.1, -0.05) is 82.3 Å². The number of benzene rings is 2. The highest BCUT2D eigenvalue weighted by Crippen LogP contribution is 2.46. The fraction of sp³-hybridized carbons (Fsp3) is 0.581. The molecule has 3 nitrogen and oxygen atoms in total. The summed E-state index contributed by atoms with van der Waals surface area (Å²) < 4.78 is 5.85. The number of aliphatic hydroxyl groups excluding tert-OH is 1. The number of unbranched alkanes of at least 4 members (excludes halogenated alkanes) is 4. The monoisotopic (exact) mass is 461 g/mol. The maximum Gasteiger partial charge on any atom is 0.119 e. The molecule has 1 aliphatic carbocycles. The molecule has 0 spiro atoms. The van der Waals surface area contributed by atoms with Crippen molar-refractivity contribution >= 4 is 0 Å². The van der Waals surface area contributed by atoms with Crippen molar-refractivity contribution in [2.75, 3.05) is 13.2 Å². The number of hydrogen-bond acceptors (Lipinski definition) is 3. The Labute approximate surface area is 207 Å². The molecule has 2 unspecified atom stereocenters. The SMILES string of the molecule is CC(C)CCOc1ccc(-c2ccc(C3CCCC(C#N)(CCCCCCCO)C3)cc2)cc1. The summed E-state index contributed by atoms with van der Waals surface area (Å²) in [4.78, 5) is 0. The van der Waals surface area contributed by atoms with E-state index in [9.17, 15) is 5.26 Å². The first-order chi connectivity index (χ1) is 16.5. The Morgan fingerprint density at radius 1 is 0.971 bits per heavy atom.